The van der Waals surface area contributed by atoms with E-state index < -0.39 is 0 Å². The summed E-state index contributed by atoms with van der Waals surface area (Å²) in [6.07, 6.45) is 3.18. The van der Waals surface area contributed by atoms with Crippen LogP contribution in [-0.4, -0.2) is 4.57 Å². The van der Waals surface area contributed by atoms with Crippen molar-refractivity contribution in [2.24, 2.45) is 0 Å². The molecule has 0 aliphatic rings. The summed E-state index contributed by atoms with van der Waals surface area (Å²) < 4.78 is 2.28. The minimum Gasteiger partial charge on any atom is -0.320 e. The molecule has 0 amide bonds. The second-order valence-electron chi connectivity index (χ2n) is 4.60. The van der Waals surface area contributed by atoms with E-state index in [9.17, 15) is 0 Å². The quantitative estimate of drug-likeness (QED) is 0.632. The summed E-state index contributed by atoms with van der Waals surface area (Å²) in [5.41, 5.74) is 5.19. The zero-order valence-corrected chi connectivity index (χ0v) is 11.1. The Labute approximate surface area is 114 Å². The van der Waals surface area contributed by atoms with Gasteiger partial charge in [-0.25, -0.2) is 0 Å². The third kappa shape index (κ3) is 2.19. The number of rotatable bonds is 3. The largest absolute Gasteiger partial charge is 0.320 e. The second kappa shape index (κ2) is 5.15. The summed E-state index contributed by atoms with van der Waals surface area (Å²) in [4.78, 5) is 0. The molecule has 94 valence electrons. The number of hydrogen-bond acceptors (Lipinski definition) is 0. The average Bonchev–Trinajstić information content (AvgIpc) is 2.93. The fourth-order valence-corrected chi connectivity index (χ4v) is 2.54. The molecule has 1 heterocycles. The highest BCUT2D eigenvalue weighted by atomic mass is 15.0. The Morgan fingerprint density at radius 3 is 2.05 bits per heavy atom. The summed E-state index contributed by atoms with van der Waals surface area (Å²) in [5, 5.41) is 0. The highest BCUT2D eigenvalue weighted by Gasteiger charge is 2.09. The summed E-state index contributed by atoms with van der Waals surface area (Å²) in [6.45, 7) is 2.21. The Morgan fingerprint density at radius 1 is 0.789 bits per heavy atom. The first-order valence-electron chi connectivity index (χ1n) is 6.71. The van der Waals surface area contributed by atoms with Crippen LogP contribution in [0.1, 0.15) is 12.6 Å². The Morgan fingerprint density at radius 2 is 1.42 bits per heavy atom. The van der Waals surface area contributed by atoms with E-state index >= 15 is 0 Å². The Hall–Kier alpha value is -2.28. The molecule has 0 spiro atoms. The molecule has 0 atom stereocenters. The lowest BCUT2D eigenvalue weighted by molar-refractivity contribution is 0.939. The van der Waals surface area contributed by atoms with Crippen molar-refractivity contribution in [3.63, 3.8) is 0 Å². The van der Waals surface area contributed by atoms with Crippen molar-refractivity contribution in [2.45, 2.75) is 13.3 Å². The zero-order valence-electron chi connectivity index (χ0n) is 11.1. The van der Waals surface area contributed by atoms with E-state index in [1.54, 1.807) is 0 Å². The molecular formula is C18H17N. The molecule has 0 aliphatic carbocycles. The van der Waals surface area contributed by atoms with Gasteiger partial charge in [0.25, 0.3) is 0 Å². The standard InChI is InChI=1S/C18H17N/c1-2-18-17(15-9-5-3-6-10-15)13-14-19(18)16-11-7-4-8-12-16/h3-14H,2H2,1H3. The predicted octanol–water partition coefficient (Wildman–Crippen LogP) is 4.71. The van der Waals surface area contributed by atoms with E-state index in [-0.39, 0.29) is 0 Å². The summed E-state index contributed by atoms with van der Waals surface area (Å²) in [7, 11) is 0. The van der Waals surface area contributed by atoms with Crippen molar-refractivity contribution in [3.05, 3.63) is 78.6 Å². The van der Waals surface area contributed by atoms with Gasteiger partial charge >= 0.3 is 0 Å². The number of benzene rings is 2. The molecule has 0 aliphatic heterocycles. The summed E-state index contributed by atoms with van der Waals surface area (Å²) in [6, 6.07) is 23.3. The van der Waals surface area contributed by atoms with Gasteiger partial charge in [-0.15, -0.1) is 0 Å². The van der Waals surface area contributed by atoms with Crippen molar-refractivity contribution in [1.29, 1.82) is 0 Å². The smallest absolute Gasteiger partial charge is 0.0452 e. The van der Waals surface area contributed by atoms with Crippen molar-refractivity contribution in [1.82, 2.24) is 4.57 Å². The van der Waals surface area contributed by atoms with Crippen molar-refractivity contribution in [3.8, 4) is 16.8 Å². The normalized spacial score (nSPS) is 10.6. The molecule has 0 radical (unpaired) electrons. The molecule has 3 aromatic rings. The van der Waals surface area contributed by atoms with E-state index in [1.807, 2.05) is 0 Å². The molecule has 0 unspecified atom stereocenters. The molecule has 3 rings (SSSR count). The third-order valence-electron chi connectivity index (χ3n) is 3.45. The van der Waals surface area contributed by atoms with Gasteiger partial charge in [0, 0.05) is 23.1 Å². The van der Waals surface area contributed by atoms with Crippen molar-refractivity contribution >= 4 is 0 Å². The lowest BCUT2D eigenvalue weighted by Gasteiger charge is -2.10. The zero-order chi connectivity index (χ0) is 13.1. The maximum Gasteiger partial charge on any atom is 0.0452 e. The maximum atomic E-state index is 2.28. The first-order valence-corrected chi connectivity index (χ1v) is 6.71. The second-order valence-corrected chi connectivity index (χ2v) is 4.60. The van der Waals surface area contributed by atoms with E-state index in [2.05, 4.69) is 84.4 Å². The van der Waals surface area contributed by atoms with Crippen LogP contribution in [-0.2, 0) is 6.42 Å². The van der Waals surface area contributed by atoms with Crippen molar-refractivity contribution in [2.75, 3.05) is 0 Å². The molecule has 0 saturated carbocycles. The van der Waals surface area contributed by atoms with Gasteiger partial charge in [0.2, 0.25) is 0 Å². The lowest BCUT2D eigenvalue weighted by atomic mass is 10.1. The minimum atomic E-state index is 1.02. The number of aromatic nitrogens is 1. The SMILES string of the molecule is CCc1c(-c2ccccc2)ccn1-c1ccccc1. The van der Waals surface area contributed by atoms with E-state index in [0.717, 1.165) is 6.42 Å². The monoisotopic (exact) mass is 247 g/mol. The number of nitrogens with zero attached hydrogens (tertiary/aromatic N) is 1. The molecule has 0 bridgehead atoms. The fraction of sp³-hybridized carbons (Fsp3) is 0.111. The molecular weight excluding hydrogens is 230 g/mol. The van der Waals surface area contributed by atoms with Crippen LogP contribution in [0.5, 0.6) is 0 Å². The predicted molar refractivity (Wildman–Crippen MR) is 80.6 cm³/mol. The fourth-order valence-electron chi connectivity index (χ4n) is 2.54. The molecule has 0 fully saturated rings. The highest BCUT2D eigenvalue weighted by Crippen LogP contribution is 2.27. The van der Waals surface area contributed by atoms with Crippen LogP contribution in [0.2, 0.25) is 0 Å². The van der Waals surface area contributed by atoms with E-state index in [4.69, 9.17) is 0 Å². The van der Waals surface area contributed by atoms with Crippen LogP contribution in [0.25, 0.3) is 16.8 Å². The van der Waals surface area contributed by atoms with Gasteiger partial charge < -0.3 is 4.57 Å². The van der Waals surface area contributed by atoms with Gasteiger partial charge in [0.15, 0.2) is 0 Å². The first-order chi connectivity index (χ1) is 9.40. The van der Waals surface area contributed by atoms with Crippen LogP contribution in [0.3, 0.4) is 0 Å². The van der Waals surface area contributed by atoms with E-state index in [0.29, 0.717) is 0 Å². The van der Waals surface area contributed by atoms with Gasteiger partial charge in [0.1, 0.15) is 0 Å². The Kier molecular flexibility index (Phi) is 3.20. The molecule has 1 aromatic heterocycles. The van der Waals surface area contributed by atoms with Gasteiger partial charge in [-0.2, -0.15) is 0 Å². The van der Waals surface area contributed by atoms with E-state index in [1.165, 1.54) is 22.5 Å². The topological polar surface area (TPSA) is 4.93 Å². The average molecular weight is 247 g/mol. The summed E-state index contributed by atoms with van der Waals surface area (Å²) >= 11 is 0. The van der Waals surface area contributed by atoms with Crippen LogP contribution in [0.4, 0.5) is 0 Å². The van der Waals surface area contributed by atoms with Gasteiger partial charge in [-0.3, -0.25) is 0 Å². The van der Waals surface area contributed by atoms with Crippen molar-refractivity contribution < 1.29 is 0 Å². The molecule has 19 heavy (non-hydrogen) atoms. The van der Waals surface area contributed by atoms with Gasteiger partial charge in [-0.1, -0.05) is 55.5 Å². The summed E-state index contributed by atoms with van der Waals surface area (Å²) in [5.74, 6) is 0. The molecule has 2 aromatic carbocycles. The van der Waals surface area contributed by atoms with Crippen LogP contribution >= 0.6 is 0 Å². The third-order valence-corrected chi connectivity index (χ3v) is 3.45. The van der Waals surface area contributed by atoms with Crippen LogP contribution in [0, 0.1) is 0 Å². The van der Waals surface area contributed by atoms with Crippen LogP contribution < -0.4 is 0 Å². The minimum absolute atomic E-state index is 1.02. The number of hydrogen-bond donors (Lipinski definition) is 0. The molecule has 0 N–H and O–H groups in total. The Balaban J connectivity index is 2.13. The molecule has 0 saturated heterocycles. The van der Waals surface area contributed by atoms with Gasteiger partial charge in [0.05, 0.1) is 0 Å². The first kappa shape index (κ1) is 11.8. The van der Waals surface area contributed by atoms with Crippen LogP contribution in [0.15, 0.2) is 72.9 Å². The Bertz CT molecular complexity index is 594. The lowest BCUT2D eigenvalue weighted by Crippen LogP contribution is -1.98. The number of para-hydroxylation sites is 1. The van der Waals surface area contributed by atoms with Gasteiger partial charge in [-0.05, 0) is 30.2 Å². The molecule has 1 heteroatoms. The highest BCUT2D eigenvalue weighted by molar-refractivity contribution is 5.67. The molecule has 1 nitrogen and oxygen atoms in total. The maximum absolute atomic E-state index is 2.28.